The van der Waals surface area contributed by atoms with E-state index < -0.39 is 24.2 Å². The van der Waals surface area contributed by atoms with Crippen molar-refractivity contribution in [3.8, 4) is 44.5 Å². The fourth-order valence-corrected chi connectivity index (χ4v) is 8.01. The molecule has 0 unspecified atom stereocenters. The molecule has 0 fully saturated rings. The fraction of sp³-hybridized carbons (Fsp3) is 0.0638. The van der Waals surface area contributed by atoms with E-state index >= 15 is 0 Å². The molecule has 48 heavy (non-hydrogen) atoms. The fourth-order valence-electron chi connectivity index (χ4n) is 8.01. The van der Waals surface area contributed by atoms with Gasteiger partial charge in [0.2, 0.25) is 0 Å². The predicted octanol–water partition coefficient (Wildman–Crippen LogP) is 13.2. The Bertz CT molecular complexity index is 3130. The summed E-state index contributed by atoms with van der Waals surface area (Å²) in [6.07, 6.45) is 0. The Labute approximate surface area is 291 Å². The van der Waals surface area contributed by atoms with Crippen molar-refractivity contribution >= 4 is 43.5 Å². The lowest BCUT2D eigenvalue weighted by atomic mass is 9.78. The van der Waals surface area contributed by atoms with Crippen molar-refractivity contribution in [3.63, 3.8) is 0 Å². The lowest BCUT2D eigenvalue weighted by Gasteiger charge is -2.25. The SMILES string of the molecule is [2H]c1c([2H])c([2H])c2c(-c3ccc4oc5ccccc5c4c3)c3c([2H])c([2H])c([2H])c([2H])c3c(-c3cccc(-c4cccc5c4C(C)(C)c4ccccc4-5)c3)c2c1[2H]. The molecule has 0 saturated heterocycles. The molecule has 0 atom stereocenters. The molecule has 1 aliphatic rings. The zero-order valence-corrected chi connectivity index (χ0v) is 26.3. The van der Waals surface area contributed by atoms with Crippen LogP contribution in [0.25, 0.3) is 88.0 Å². The van der Waals surface area contributed by atoms with E-state index in [2.05, 4.69) is 50.2 Å². The molecular formula is C47H32O. The van der Waals surface area contributed by atoms with E-state index in [1.54, 1.807) is 12.1 Å². The van der Waals surface area contributed by atoms with Crippen LogP contribution in [0, 0.1) is 0 Å². The number of rotatable bonds is 3. The van der Waals surface area contributed by atoms with Crippen molar-refractivity contribution in [1.29, 1.82) is 0 Å². The zero-order chi connectivity index (χ0) is 38.9. The molecule has 0 amide bonds. The van der Waals surface area contributed by atoms with Gasteiger partial charge in [0.15, 0.2) is 0 Å². The Morgan fingerprint density at radius 2 is 1.02 bits per heavy atom. The normalized spacial score (nSPS) is 15.7. The van der Waals surface area contributed by atoms with Gasteiger partial charge in [0.25, 0.3) is 0 Å². The summed E-state index contributed by atoms with van der Waals surface area (Å²) < 4.78 is 79.2. The first-order chi connectivity index (χ1) is 26.9. The summed E-state index contributed by atoms with van der Waals surface area (Å²) in [6.45, 7) is 4.45. The number of fused-ring (bicyclic) bond motifs is 8. The van der Waals surface area contributed by atoms with Crippen molar-refractivity contribution in [3.05, 3.63) is 169 Å². The highest BCUT2D eigenvalue weighted by Gasteiger charge is 2.37. The standard InChI is InChI=1S/C47H32O/c1-47(2)41-23-9-7-15-33(41)39-22-12-21-32(46(39)47)29-13-11-14-30(27-29)44-35-17-3-5-19-37(35)45(38-20-6-4-18-36(38)44)31-25-26-43-40(28-31)34-16-8-10-24-42(34)48-43/h3-28H,1-2H3/i3D,4D,5D,6D,17D,18D,19D,20D. The second kappa shape index (κ2) is 10.0. The van der Waals surface area contributed by atoms with Crippen LogP contribution in [-0.4, -0.2) is 0 Å². The van der Waals surface area contributed by atoms with E-state index in [9.17, 15) is 5.48 Å². The van der Waals surface area contributed by atoms with Crippen LogP contribution in [0.5, 0.6) is 0 Å². The van der Waals surface area contributed by atoms with Gasteiger partial charge in [-0.2, -0.15) is 0 Å². The van der Waals surface area contributed by atoms with Gasteiger partial charge in [-0.05, 0) is 101 Å². The molecule has 1 heterocycles. The third-order valence-electron chi connectivity index (χ3n) is 10.1. The number of furan rings is 1. The topological polar surface area (TPSA) is 13.1 Å². The maximum Gasteiger partial charge on any atom is 0.135 e. The minimum absolute atomic E-state index is 0.179. The summed E-state index contributed by atoms with van der Waals surface area (Å²) in [4.78, 5) is 0. The molecule has 226 valence electrons. The summed E-state index contributed by atoms with van der Waals surface area (Å²) >= 11 is 0. The molecule has 0 spiro atoms. The molecule has 0 bridgehead atoms. The summed E-state index contributed by atoms with van der Waals surface area (Å²) in [6, 6.07) is 32.7. The quantitative estimate of drug-likeness (QED) is 0.179. The first-order valence-electron chi connectivity index (χ1n) is 20.1. The molecule has 0 radical (unpaired) electrons. The molecule has 1 nitrogen and oxygen atoms in total. The highest BCUT2D eigenvalue weighted by atomic mass is 16.3. The van der Waals surface area contributed by atoms with Crippen molar-refractivity contribution in [2.45, 2.75) is 19.3 Å². The van der Waals surface area contributed by atoms with Crippen LogP contribution >= 0.6 is 0 Å². The van der Waals surface area contributed by atoms with E-state index in [0.29, 0.717) is 33.4 Å². The van der Waals surface area contributed by atoms with Gasteiger partial charge >= 0.3 is 0 Å². The van der Waals surface area contributed by atoms with Crippen molar-refractivity contribution < 1.29 is 15.4 Å². The molecule has 1 aliphatic carbocycles. The first kappa shape index (κ1) is 20.3. The number of hydrogen-bond donors (Lipinski definition) is 0. The van der Waals surface area contributed by atoms with E-state index in [1.807, 2.05) is 60.7 Å². The molecule has 10 rings (SSSR count). The maximum atomic E-state index is 9.43. The van der Waals surface area contributed by atoms with Gasteiger partial charge in [-0.15, -0.1) is 0 Å². The second-order valence-corrected chi connectivity index (χ2v) is 13.0. The number of benzene rings is 8. The Hall–Kier alpha value is -5.92. The van der Waals surface area contributed by atoms with Gasteiger partial charge in [-0.3, -0.25) is 0 Å². The lowest BCUT2D eigenvalue weighted by Crippen LogP contribution is -2.16. The lowest BCUT2D eigenvalue weighted by molar-refractivity contribution is 0.662. The van der Waals surface area contributed by atoms with Gasteiger partial charge in [0, 0.05) is 16.2 Å². The summed E-state index contributed by atoms with van der Waals surface area (Å²) in [5, 5.41) is 2.36. The van der Waals surface area contributed by atoms with Crippen LogP contribution in [0.15, 0.2) is 162 Å². The van der Waals surface area contributed by atoms with Crippen molar-refractivity contribution in [1.82, 2.24) is 0 Å². The summed E-state index contributed by atoms with van der Waals surface area (Å²) in [7, 11) is 0. The van der Waals surface area contributed by atoms with Crippen LogP contribution in [-0.2, 0) is 5.41 Å². The Balaban J connectivity index is 1.35. The average Bonchev–Trinajstić information content (AvgIpc) is 3.71. The summed E-state index contributed by atoms with van der Waals surface area (Å²) in [5.74, 6) is 0. The van der Waals surface area contributed by atoms with E-state index in [0.717, 1.165) is 27.5 Å². The molecule has 8 aromatic carbocycles. The first-order valence-corrected chi connectivity index (χ1v) is 16.1. The molecular weight excluding hydrogens is 581 g/mol. The Morgan fingerprint density at radius 3 is 1.77 bits per heavy atom. The van der Waals surface area contributed by atoms with Crippen molar-refractivity contribution in [2.24, 2.45) is 0 Å². The third kappa shape index (κ3) is 3.79. The highest BCUT2D eigenvalue weighted by Crippen LogP contribution is 2.52. The Kier molecular flexibility index (Phi) is 4.25. The van der Waals surface area contributed by atoms with Gasteiger partial charge in [-0.1, -0.05) is 147 Å². The van der Waals surface area contributed by atoms with Crippen molar-refractivity contribution in [2.75, 3.05) is 0 Å². The van der Waals surface area contributed by atoms with Gasteiger partial charge in [-0.25, -0.2) is 0 Å². The molecule has 1 heteroatoms. The molecule has 9 aromatic rings. The molecule has 0 aliphatic heterocycles. The zero-order valence-electron chi connectivity index (χ0n) is 34.3. The average molecular weight is 621 g/mol. The number of para-hydroxylation sites is 1. The van der Waals surface area contributed by atoms with Crippen LogP contribution in [0.1, 0.15) is 35.9 Å². The van der Waals surface area contributed by atoms with Gasteiger partial charge < -0.3 is 4.42 Å². The summed E-state index contributed by atoms with van der Waals surface area (Å²) in [5.41, 5.74) is 9.39. The van der Waals surface area contributed by atoms with Crippen LogP contribution in [0.3, 0.4) is 0 Å². The highest BCUT2D eigenvalue weighted by molar-refractivity contribution is 6.22. The predicted molar refractivity (Wildman–Crippen MR) is 203 cm³/mol. The minimum Gasteiger partial charge on any atom is -0.456 e. The molecule has 1 aromatic heterocycles. The maximum absolute atomic E-state index is 9.43. The molecule has 0 N–H and O–H groups in total. The van der Waals surface area contributed by atoms with Crippen LogP contribution in [0.2, 0.25) is 0 Å². The van der Waals surface area contributed by atoms with E-state index in [-0.39, 0.29) is 51.1 Å². The van der Waals surface area contributed by atoms with E-state index in [4.69, 9.17) is 9.90 Å². The number of hydrogen-bond acceptors (Lipinski definition) is 1. The monoisotopic (exact) mass is 620 g/mol. The second-order valence-electron chi connectivity index (χ2n) is 13.0. The van der Waals surface area contributed by atoms with Crippen LogP contribution < -0.4 is 0 Å². The smallest absolute Gasteiger partial charge is 0.135 e. The Morgan fingerprint density at radius 1 is 0.458 bits per heavy atom. The molecule has 0 saturated carbocycles. The van der Waals surface area contributed by atoms with Gasteiger partial charge in [0.05, 0.1) is 11.0 Å². The third-order valence-corrected chi connectivity index (χ3v) is 10.1. The van der Waals surface area contributed by atoms with Crippen LogP contribution in [0.4, 0.5) is 0 Å². The van der Waals surface area contributed by atoms with Gasteiger partial charge in [0.1, 0.15) is 11.2 Å². The minimum atomic E-state index is -0.430. The largest absolute Gasteiger partial charge is 0.456 e. The van der Waals surface area contributed by atoms with E-state index in [1.165, 1.54) is 16.7 Å².